The van der Waals surface area contributed by atoms with Crippen LogP contribution in [0.1, 0.15) is 24.6 Å². The maximum Gasteiger partial charge on any atom is 0.155 e. The van der Waals surface area contributed by atoms with Crippen molar-refractivity contribution >= 4 is 5.65 Å². The lowest BCUT2D eigenvalue weighted by atomic mass is 10.00. The highest BCUT2D eigenvalue weighted by Crippen LogP contribution is 2.24. The van der Waals surface area contributed by atoms with Crippen LogP contribution in [0.25, 0.3) is 5.65 Å². The van der Waals surface area contributed by atoms with Gasteiger partial charge in [-0.05, 0) is 25.0 Å². The molecule has 0 aliphatic carbocycles. The van der Waals surface area contributed by atoms with Crippen molar-refractivity contribution in [1.82, 2.24) is 14.6 Å². The number of fused-ring (bicyclic) bond motifs is 1. The largest absolute Gasteiger partial charge is 0.381 e. The first kappa shape index (κ1) is 8.85. The highest BCUT2D eigenvalue weighted by Gasteiger charge is 2.19. The predicted octanol–water partition coefficient (Wildman–Crippen LogP) is 1.62. The topological polar surface area (TPSA) is 39.4 Å². The zero-order valence-electron chi connectivity index (χ0n) is 8.47. The first-order chi connectivity index (χ1) is 7.43. The van der Waals surface area contributed by atoms with E-state index in [4.69, 9.17) is 4.74 Å². The van der Waals surface area contributed by atoms with Crippen LogP contribution in [0.15, 0.2) is 24.4 Å². The van der Waals surface area contributed by atoms with Gasteiger partial charge in [0.05, 0.1) is 0 Å². The average Bonchev–Trinajstić information content (AvgIpc) is 2.74. The molecule has 3 rings (SSSR count). The molecule has 0 atom stereocenters. The molecule has 1 fully saturated rings. The van der Waals surface area contributed by atoms with Crippen LogP contribution < -0.4 is 0 Å². The second-order valence-corrected chi connectivity index (χ2v) is 3.86. The molecule has 4 heteroatoms. The summed E-state index contributed by atoms with van der Waals surface area (Å²) in [6.07, 6.45) is 4.01. The molecule has 0 N–H and O–H groups in total. The average molecular weight is 203 g/mol. The lowest BCUT2D eigenvalue weighted by Gasteiger charge is -2.18. The third kappa shape index (κ3) is 1.61. The van der Waals surface area contributed by atoms with Crippen LogP contribution >= 0.6 is 0 Å². The van der Waals surface area contributed by atoms with Gasteiger partial charge >= 0.3 is 0 Å². The monoisotopic (exact) mass is 203 g/mol. The molecule has 0 radical (unpaired) electrons. The Kier molecular flexibility index (Phi) is 2.14. The molecule has 0 saturated carbocycles. The summed E-state index contributed by atoms with van der Waals surface area (Å²) in [4.78, 5) is 4.53. The Morgan fingerprint density at radius 2 is 2.13 bits per heavy atom. The van der Waals surface area contributed by atoms with E-state index < -0.39 is 0 Å². The fraction of sp³-hybridized carbons (Fsp3) is 0.455. The van der Waals surface area contributed by atoms with E-state index in [-0.39, 0.29) is 0 Å². The second-order valence-electron chi connectivity index (χ2n) is 3.86. The van der Waals surface area contributed by atoms with Gasteiger partial charge in [-0.25, -0.2) is 9.50 Å². The molecule has 2 aromatic rings. The van der Waals surface area contributed by atoms with Crippen LogP contribution in [-0.4, -0.2) is 27.8 Å². The van der Waals surface area contributed by atoms with Gasteiger partial charge in [-0.15, -0.1) is 0 Å². The van der Waals surface area contributed by atoms with Crippen molar-refractivity contribution in [2.75, 3.05) is 13.2 Å². The van der Waals surface area contributed by atoms with Crippen LogP contribution in [0.3, 0.4) is 0 Å². The second kappa shape index (κ2) is 3.62. The van der Waals surface area contributed by atoms with Crippen LogP contribution in [0.2, 0.25) is 0 Å². The lowest BCUT2D eigenvalue weighted by molar-refractivity contribution is 0.0836. The molecule has 0 unspecified atom stereocenters. The molecule has 78 valence electrons. The highest BCUT2D eigenvalue weighted by molar-refractivity contribution is 5.36. The quantitative estimate of drug-likeness (QED) is 0.707. The lowest BCUT2D eigenvalue weighted by Crippen LogP contribution is -2.15. The fourth-order valence-corrected chi connectivity index (χ4v) is 1.98. The van der Waals surface area contributed by atoms with Gasteiger partial charge in [-0.3, -0.25) is 0 Å². The van der Waals surface area contributed by atoms with Crippen LogP contribution in [-0.2, 0) is 4.74 Å². The van der Waals surface area contributed by atoms with Crippen molar-refractivity contribution in [1.29, 1.82) is 0 Å². The molecule has 3 heterocycles. The molecule has 1 aliphatic rings. The summed E-state index contributed by atoms with van der Waals surface area (Å²) < 4.78 is 7.17. The standard InChI is InChI=1S/C11H13N3O/c1-2-6-14-10(3-1)12-11(13-14)9-4-7-15-8-5-9/h1-3,6,9H,4-5,7-8H2. The molecule has 4 nitrogen and oxygen atoms in total. The highest BCUT2D eigenvalue weighted by atomic mass is 16.5. The van der Waals surface area contributed by atoms with E-state index in [0.29, 0.717) is 5.92 Å². The van der Waals surface area contributed by atoms with E-state index in [0.717, 1.165) is 37.5 Å². The summed E-state index contributed by atoms with van der Waals surface area (Å²) in [5.41, 5.74) is 0.930. The van der Waals surface area contributed by atoms with Gasteiger partial charge in [0, 0.05) is 25.3 Å². The number of pyridine rings is 1. The van der Waals surface area contributed by atoms with Crippen molar-refractivity contribution < 1.29 is 4.74 Å². The first-order valence-electron chi connectivity index (χ1n) is 5.32. The Labute approximate surface area is 87.9 Å². The zero-order chi connectivity index (χ0) is 10.1. The van der Waals surface area contributed by atoms with Gasteiger partial charge in [0.1, 0.15) is 0 Å². The minimum atomic E-state index is 0.471. The smallest absolute Gasteiger partial charge is 0.155 e. The number of aromatic nitrogens is 3. The number of hydrogen-bond donors (Lipinski definition) is 0. The fourth-order valence-electron chi connectivity index (χ4n) is 1.98. The number of hydrogen-bond acceptors (Lipinski definition) is 3. The number of nitrogens with zero attached hydrogens (tertiary/aromatic N) is 3. The van der Waals surface area contributed by atoms with E-state index in [2.05, 4.69) is 10.1 Å². The minimum Gasteiger partial charge on any atom is -0.381 e. The maximum absolute atomic E-state index is 5.33. The van der Waals surface area contributed by atoms with E-state index >= 15 is 0 Å². The van der Waals surface area contributed by atoms with Crippen molar-refractivity contribution in [3.05, 3.63) is 30.2 Å². The number of rotatable bonds is 1. The van der Waals surface area contributed by atoms with E-state index in [9.17, 15) is 0 Å². The maximum atomic E-state index is 5.33. The molecule has 1 aliphatic heterocycles. The molecule has 1 saturated heterocycles. The molecule has 0 spiro atoms. The first-order valence-corrected chi connectivity index (χ1v) is 5.32. The normalized spacial score (nSPS) is 18.4. The molecule has 2 aromatic heterocycles. The van der Waals surface area contributed by atoms with Crippen molar-refractivity contribution in [3.63, 3.8) is 0 Å². The Hall–Kier alpha value is -1.42. The molecule has 0 bridgehead atoms. The summed E-state index contributed by atoms with van der Waals surface area (Å²) in [5.74, 6) is 1.43. The summed E-state index contributed by atoms with van der Waals surface area (Å²) in [7, 11) is 0. The van der Waals surface area contributed by atoms with Crippen molar-refractivity contribution in [2.45, 2.75) is 18.8 Å². The third-order valence-electron chi connectivity index (χ3n) is 2.84. The van der Waals surface area contributed by atoms with E-state index in [1.54, 1.807) is 0 Å². The van der Waals surface area contributed by atoms with Gasteiger partial charge in [-0.2, -0.15) is 5.10 Å². The Morgan fingerprint density at radius 1 is 1.27 bits per heavy atom. The molecule has 0 aromatic carbocycles. The summed E-state index contributed by atoms with van der Waals surface area (Å²) in [5, 5.41) is 4.49. The summed E-state index contributed by atoms with van der Waals surface area (Å²) in [6, 6.07) is 5.93. The SMILES string of the molecule is c1ccn2nc(C3CCOCC3)nc2c1. The van der Waals surface area contributed by atoms with E-state index in [1.807, 2.05) is 28.9 Å². The zero-order valence-corrected chi connectivity index (χ0v) is 8.47. The third-order valence-corrected chi connectivity index (χ3v) is 2.84. The van der Waals surface area contributed by atoms with Gasteiger partial charge in [0.25, 0.3) is 0 Å². The Bertz CT molecular complexity index is 427. The van der Waals surface area contributed by atoms with Gasteiger partial charge < -0.3 is 4.74 Å². The van der Waals surface area contributed by atoms with Crippen molar-refractivity contribution in [3.8, 4) is 0 Å². The molecule has 0 amide bonds. The van der Waals surface area contributed by atoms with E-state index in [1.165, 1.54) is 0 Å². The molecule has 15 heavy (non-hydrogen) atoms. The summed E-state index contributed by atoms with van der Waals surface area (Å²) in [6.45, 7) is 1.67. The number of ether oxygens (including phenoxy) is 1. The Morgan fingerprint density at radius 3 is 2.93 bits per heavy atom. The van der Waals surface area contributed by atoms with Crippen LogP contribution in [0.5, 0.6) is 0 Å². The Balaban J connectivity index is 1.96. The minimum absolute atomic E-state index is 0.471. The van der Waals surface area contributed by atoms with Gasteiger partial charge in [-0.1, -0.05) is 6.07 Å². The molecular formula is C11H13N3O. The van der Waals surface area contributed by atoms with Crippen molar-refractivity contribution in [2.24, 2.45) is 0 Å². The predicted molar refractivity (Wildman–Crippen MR) is 55.8 cm³/mol. The summed E-state index contributed by atoms with van der Waals surface area (Å²) >= 11 is 0. The molecular weight excluding hydrogens is 190 g/mol. The van der Waals surface area contributed by atoms with Gasteiger partial charge in [0.2, 0.25) is 0 Å². The van der Waals surface area contributed by atoms with Crippen LogP contribution in [0, 0.1) is 0 Å². The van der Waals surface area contributed by atoms with Gasteiger partial charge in [0.15, 0.2) is 11.5 Å². The van der Waals surface area contributed by atoms with Crippen LogP contribution in [0.4, 0.5) is 0 Å².